The molecule has 3 rings (SSSR count). The summed E-state index contributed by atoms with van der Waals surface area (Å²) in [5.74, 6) is 0.806. The molecule has 138 valence electrons. The third kappa shape index (κ3) is 6.03. The summed E-state index contributed by atoms with van der Waals surface area (Å²) in [7, 11) is 0. The van der Waals surface area contributed by atoms with Crippen molar-refractivity contribution in [1.82, 2.24) is 20.5 Å². The number of nitrogens with one attached hydrogen (secondary N) is 3. The van der Waals surface area contributed by atoms with Gasteiger partial charge in [-0.2, -0.15) is 0 Å². The van der Waals surface area contributed by atoms with E-state index in [4.69, 9.17) is 0 Å². The van der Waals surface area contributed by atoms with Crippen LogP contribution in [0.4, 0.5) is 21.7 Å². The van der Waals surface area contributed by atoms with Crippen LogP contribution < -0.4 is 16.0 Å². The van der Waals surface area contributed by atoms with E-state index >= 15 is 0 Å². The highest BCUT2D eigenvalue weighted by molar-refractivity contribution is 5.78. The smallest absolute Gasteiger partial charge is 0.224 e. The van der Waals surface area contributed by atoms with Gasteiger partial charge in [0.05, 0.1) is 6.42 Å². The second-order valence-electron chi connectivity index (χ2n) is 5.74. The molecule has 0 unspecified atom stereocenters. The van der Waals surface area contributed by atoms with Gasteiger partial charge in [0.2, 0.25) is 5.91 Å². The topological polar surface area (TPSA) is 91.8 Å². The molecular weight excluding hydrogens is 347 g/mol. The van der Waals surface area contributed by atoms with Crippen molar-refractivity contribution in [1.29, 1.82) is 0 Å². The molecule has 7 nitrogen and oxygen atoms in total. The highest BCUT2D eigenvalue weighted by Gasteiger charge is 2.03. The predicted octanol–water partition coefficient (Wildman–Crippen LogP) is 2.53. The zero-order valence-corrected chi connectivity index (χ0v) is 14.5. The van der Waals surface area contributed by atoms with E-state index in [2.05, 4.69) is 31.1 Å². The van der Waals surface area contributed by atoms with Crippen LogP contribution in [0.3, 0.4) is 0 Å². The Labute approximate surface area is 156 Å². The lowest BCUT2D eigenvalue weighted by Crippen LogP contribution is -2.30. The summed E-state index contributed by atoms with van der Waals surface area (Å²) < 4.78 is 12.8. The number of nitrogens with zero attached hydrogens (tertiary/aromatic N) is 3. The second-order valence-corrected chi connectivity index (χ2v) is 5.74. The average Bonchev–Trinajstić information content (AvgIpc) is 2.69. The molecule has 2 aromatic heterocycles. The first-order valence-corrected chi connectivity index (χ1v) is 8.45. The van der Waals surface area contributed by atoms with Crippen molar-refractivity contribution in [2.75, 3.05) is 23.7 Å². The molecule has 1 amide bonds. The van der Waals surface area contributed by atoms with E-state index in [0.717, 1.165) is 11.3 Å². The van der Waals surface area contributed by atoms with Crippen LogP contribution >= 0.6 is 0 Å². The van der Waals surface area contributed by atoms with E-state index in [1.54, 1.807) is 30.6 Å². The molecule has 3 N–H and O–H groups in total. The Balaban J connectivity index is 1.37. The van der Waals surface area contributed by atoms with Gasteiger partial charge in [-0.1, -0.05) is 12.1 Å². The highest BCUT2D eigenvalue weighted by Crippen LogP contribution is 2.13. The molecule has 0 saturated carbocycles. The molecule has 0 spiro atoms. The lowest BCUT2D eigenvalue weighted by molar-refractivity contribution is -0.120. The van der Waals surface area contributed by atoms with Gasteiger partial charge in [0.1, 0.15) is 11.6 Å². The first-order valence-electron chi connectivity index (χ1n) is 8.45. The van der Waals surface area contributed by atoms with Gasteiger partial charge in [-0.15, -0.1) is 10.2 Å². The van der Waals surface area contributed by atoms with Crippen LogP contribution in [0.15, 0.2) is 60.9 Å². The number of anilines is 3. The van der Waals surface area contributed by atoms with E-state index in [1.807, 2.05) is 18.2 Å². The molecule has 27 heavy (non-hydrogen) atoms. The third-order valence-corrected chi connectivity index (χ3v) is 3.65. The van der Waals surface area contributed by atoms with Crippen LogP contribution in [0.25, 0.3) is 0 Å². The maximum atomic E-state index is 12.8. The zero-order valence-electron chi connectivity index (χ0n) is 14.5. The van der Waals surface area contributed by atoms with Crippen molar-refractivity contribution in [3.63, 3.8) is 0 Å². The van der Waals surface area contributed by atoms with Crippen LogP contribution in [0.2, 0.25) is 0 Å². The molecule has 0 radical (unpaired) electrons. The summed E-state index contributed by atoms with van der Waals surface area (Å²) in [6.07, 6.45) is 3.60. The Morgan fingerprint density at radius 3 is 2.30 bits per heavy atom. The number of pyridine rings is 1. The van der Waals surface area contributed by atoms with E-state index in [1.165, 1.54) is 12.1 Å². The Morgan fingerprint density at radius 1 is 0.889 bits per heavy atom. The van der Waals surface area contributed by atoms with Crippen molar-refractivity contribution in [2.24, 2.45) is 0 Å². The predicted molar refractivity (Wildman–Crippen MR) is 101 cm³/mol. The normalized spacial score (nSPS) is 10.3. The van der Waals surface area contributed by atoms with Crippen LogP contribution in [-0.4, -0.2) is 34.2 Å². The number of rotatable bonds is 8. The summed E-state index contributed by atoms with van der Waals surface area (Å²) >= 11 is 0. The summed E-state index contributed by atoms with van der Waals surface area (Å²) in [6, 6.07) is 13.2. The third-order valence-electron chi connectivity index (χ3n) is 3.65. The van der Waals surface area contributed by atoms with Gasteiger partial charge < -0.3 is 16.0 Å². The van der Waals surface area contributed by atoms with Gasteiger partial charge in [-0.3, -0.25) is 9.78 Å². The van der Waals surface area contributed by atoms with E-state index in [-0.39, 0.29) is 18.1 Å². The fourth-order valence-corrected chi connectivity index (χ4v) is 2.32. The van der Waals surface area contributed by atoms with Gasteiger partial charge in [0, 0.05) is 31.2 Å². The second kappa shape index (κ2) is 9.23. The van der Waals surface area contributed by atoms with Gasteiger partial charge in [-0.05, 0) is 42.0 Å². The minimum atomic E-state index is -0.313. The van der Waals surface area contributed by atoms with Gasteiger partial charge >= 0.3 is 0 Å². The summed E-state index contributed by atoms with van der Waals surface area (Å²) in [5.41, 5.74) is 1.65. The molecule has 0 fully saturated rings. The first-order chi connectivity index (χ1) is 13.2. The standard InChI is InChI=1S/C19H19FN6O/c20-15-3-1-14(2-4-15)13-19(27)23-12-11-22-17-5-6-18(26-25-17)24-16-7-9-21-10-8-16/h1-10H,11-13H2,(H,22,25)(H,23,27)(H,21,24,26). The zero-order chi connectivity index (χ0) is 18.9. The largest absolute Gasteiger partial charge is 0.367 e. The molecular formula is C19H19FN6O. The SMILES string of the molecule is O=C(Cc1ccc(F)cc1)NCCNc1ccc(Nc2ccncc2)nn1. The number of halogens is 1. The maximum absolute atomic E-state index is 12.8. The Kier molecular flexibility index (Phi) is 6.24. The Bertz CT molecular complexity index is 856. The van der Waals surface area contributed by atoms with E-state index in [9.17, 15) is 9.18 Å². The summed E-state index contributed by atoms with van der Waals surface area (Å²) in [5, 5.41) is 17.2. The quantitative estimate of drug-likeness (QED) is 0.531. The van der Waals surface area contributed by atoms with Crippen LogP contribution in [-0.2, 0) is 11.2 Å². The molecule has 8 heteroatoms. The molecule has 0 atom stereocenters. The number of carbonyl (C=O) groups is 1. The van der Waals surface area contributed by atoms with Crippen LogP contribution in [0.1, 0.15) is 5.56 Å². The Hall–Kier alpha value is -3.55. The summed E-state index contributed by atoms with van der Waals surface area (Å²) in [6.45, 7) is 0.958. The molecule has 0 bridgehead atoms. The van der Waals surface area contributed by atoms with Crippen molar-refractivity contribution in [2.45, 2.75) is 6.42 Å². The minimum Gasteiger partial charge on any atom is -0.367 e. The number of aromatic nitrogens is 3. The van der Waals surface area contributed by atoms with E-state index in [0.29, 0.717) is 24.7 Å². The lowest BCUT2D eigenvalue weighted by atomic mass is 10.1. The van der Waals surface area contributed by atoms with Gasteiger partial charge in [0.15, 0.2) is 5.82 Å². The van der Waals surface area contributed by atoms with Crippen molar-refractivity contribution >= 4 is 23.2 Å². The fourth-order valence-electron chi connectivity index (χ4n) is 2.32. The summed E-state index contributed by atoms with van der Waals surface area (Å²) in [4.78, 5) is 15.8. The highest BCUT2D eigenvalue weighted by atomic mass is 19.1. The monoisotopic (exact) mass is 366 g/mol. The van der Waals surface area contributed by atoms with Gasteiger partial charge in [-0.25, -0.2) is 4.39 Å². The van der Waals surface area contributed by atoms with E-state index < -0.39 is 0 Å². The van der Waals surface area contributed by atoms with Crippen molar-refractivity contribution < 1.29 is 9.18 Å². The molecule has 1 aromatic carbocycles. The molecule has 3 aromatic rings. The number of hydrogen-bond acceptors (Lipinski definition) is 6. The lowest BCUT2D eigenvalue weighted by Gasteiger charge is -2.08. The minimum absolute atomic E-state index is 0.119. The van der Waals surface area contributed by atoms with Crippen molar-refractivity contribution in [3.05, 3.63) is 72.3 Å². The number of benzene rings is 1. The average molecular weight is 366 g/mol. The molecule has 0 aliphatic carbocycles. The molecule has 0 aliphatic rings. The fraction of sp³-hybridized carbons (Fsp3) is 0.158. The molecule has 0 saturated heterocycles. The van der Waals surface area contributed by atoms with Crippen molar-refractivity contribution in [3.8, 4) is 0 Å². The van der Waals surface area contributed by atoms with Crippen LogP contribution in [0, 0.1) is 5.82 Å². The van der Waals surface area contributed by atoms with Gasteiger partial charge in [0.25, 0.3) is 0 Å². The number of hydrogen-bond donors (Lipinski definition) is 3. The maximum Gasteiger partial charge on any atom is 0.224 e. The molecule has 2 heterocycles. The first kappa shape index (κ1) is 18.2. The Morgan fingerprint density at radius 2 is 1.59 bits per heavy atom. The number of carbonyl (C=O) groups excluding carboxylic acids is 1. The van der Waals surface area contributed by atoms with Crippen LogP contribution in [0.5, 0.6) is 0 Å². The number of amides is 1. The molecule has 0 aliphatic heterocycles.